The summed E-state index contributed by atoms with van der Waals surface area (Å²) in [5.41, 5.74) is 2.67. The molecule has 3 saturated carbocycles. The van der Waals surface area contributed by atoms with E-state index in [1.54, 1.807) is 6.07 Å². The molecule has 2 bridgehead atoms. The highest BCUT2D eigenvalue weighted by Crippen LogP contribution is 2.59. The molecule has 7 rings (SSSR count). The highest BCUT2D eigenvalue weighted by Gasteiger charge is 2.53. The quantitative estimate of drug-likeness (QED) is 0.222. The van der Waals surface area contributed by atoms with Gasteiger partial charge >= 0.3 is 0 Å². The van der Waals surface area contributed by atoms with Gasteiger partial charge in [0.25, 0.3) is 0 Å². The van der Waals surface area contributed by atoms with Crippen molar-refractivity contribution in [2.45, 2.75) is 70.0 Å². The van der Waals surface area contributed by atoms with Crippen molar-refractivity contribution >= 4 is 44.8 Å². The Morgan fingerprint density at radius 2 is 2.00 bits per heavy atom. The molecule has 0 radical (unpaired) electrons. The van der Waals surface area contributed by atoms with Crippen molar-refractivity contribution in [2.75, 3.05) is 0 Å². The molecule has 40 heavy (non-hydrogen) atoms. The number of rotatable bonds is 6. The lowest BCUT2D eigenvalue weighted by molar-refractivity contribution is -0.0891. The minimum atomic E-state index is -0.421. The molecular weight excluding hydrogens is 568 g/mol. The Hall–Kier alpha value is -2.50. The summed E-state index contributed by atoms with van der Waals surface area (Å²) in [6.45, 7) is 4.91. The molecule has 3 aliphatic rings. The predicted octanol–water partition coefficient (Wildman–Crippen LogP) is 9.27. The van der Waals surface area contributed by atoms with Crippen molar-refractivity contribution in [1.82, 2.24) is 10.1 Å². The summed E-state index contributed by atoms with van der Waals surface area (Å²) in [4.78, 5) is 4.77. The number of hydrogen-bond donors (Lipinski definition) is 0. The third-order valence-corrected chi connectivity index (χ3v) is 10.9. The monoisotopic (exact) mass is 595 g/mol. The fourth-order valence-corrected chi connectivity index (χ4v) is 9.06. The topological polar surface area (TPSA) is 71.9 Å². The molecule has 0 spiro atoms. The van der Waals surface area contributed by atoms with Crippen LogP contribution in [0.3, 0.4) is 0 Å². The molecular formula is C31H28Cl2FN3O2S. The molecule has 0 N–H and O–H groups in total. The molecule has 2 aromatic carbocycles. The number of ether oxygens (including phenoxy) is 1. The number of thiazole rings is 1. The Labute approximate surface area is 246 Å². The van der Waals surface area contributed by atoms with Gasteiger partial charge in [-0.1, -0.05) is 41.3 Å². The van der Waals surface area contributed by atoms with E-state index in [-0.39, 0.29) is 11.5 Å². The molecule has 0 aliphatic heterocycles. The van der Waals surface area contributed by atoms with E-state index in [9.17, 15) is 9.65 Å². The van der Waals surface area contributed by atoms with Crippen LogP contribution in [0.25, 0.3) is 21.5 Å². The minimum absolute atomic E-state index is 0.268. The second-order valence-electron chi connectivity index (χ2n) is 12.0. The van der Waals surface area contributed by atoms with Gasteiger partial charge in [-0.2, -0.15) is 5.26 Å². The van der Waals surface area contributed by atoms with Gasteiger partial charge in [0.05, 0.1) is 43.6 Å². The fraction of sp³-hybridized carbons (Fsp3) is 0.452. The predicted molar refractivity (Wildman–Crippen MR) is 154 cm³/mol. The van der Waals surface area contributed by atoms with Crippen molar-refractivity contribution in [2.24, 2.45) is 17.8 Å². The van der Waals surface area contributed by atoms with E-state index in [0.717, 1.165) is 53.1 Å². The fourth-order valence-electron chi connectivity index (χ4n) is 7.19. The minimum Gasteiger partial charge on any atom is -0.370 e. The van der Waals surface area contributed by atoms with Crippen molar-refractivity contribution in [3.05, 3.63) is 68.1 Å². The van der Waals surface area contributed by atoms with E-state index in [1.165, 1.54) is 17.4 Å². The van der Waals surface area contributed by atoms with Gasteiger partial charge in [-0.15, -0.1) is 11.3 Å². The Morgan fingerprint density at radius 3 is 2.70 bits per heavy atom. The molecule has 4 aromatic rings. The molecule has 9 heteroatoms. The lowest BCUT2D eigenvalue weighted by atomic mass is 9.70. The number of fused-ring (bicyclic) bond motifs is 3. The summed E-state index contributed by atoms with van der Waals surface area (Å²) >= 11 is 14.7. The van der Waals surface area contributed by atoms with Crippen LogP contribution >= 0.6 is 34.5 Å². The zero-order valence-corrected chi connectivity index (χ0v) is 24.5. The molecule has 0 amide bonds. The Morgan fingerprint density at radius 1 is 1.23 bits per heavy atom. The lowest BCUT2D eigenvalue weighted by Crippen LogP contribution is -2.40. The van der Waals surface area contributed by atoms with E-state index in [1.807, 2.05) is 18.2 Å². The number of nitrogens with zero attached hydrogens (tertiary/aromatic N) is 3. The molecule has 3 fully saturated rings. The summed E-state index contributed by atoms with van der Waals surface area (Å²) in [6.07, 6.45) is 5.04. The number of aromatic nitrogens is 2. The largest absolute Gasteiger partial charge is 0.370 e. The van der Waals surface area contributed by atoms with E-state index < -0.39 is 5.82 Å². The second kappa shape index (κ2) is 9.80. The molecule has 3 aliphatic carbocycles. The third-order valence-electron chi connectivity index (χ3n) is 9.15. The molecule has 0 saturated heterocycles. The average molecular weight is 597 g/mol. The molecule has 5 atom stereocenters. The highest BCUT2D eigenvalue weighted by atomic mass is 35.5. The van der Waals surface area contributed by atoms with Gasteiger partial charge < -0.3 is 9.26 Å². The highest BCUT2D eigenvalue weighted by molar-refractivity contribution is 7.18. The maximum absolute atomic E-state index is 14.7. The summed E-state index contributed by atoms with van der Waals surface area (Å²) in [6, 6.07) is 10.5. The third kappa shape index (κ3) is 4.44. The van der Waals surface area contributed by atoms with Gasteiger partial charge in [-0.25, -0.2) is 9.37 Å². The number of benzene rings is 2. The van der Waals surface area contributed by atoms with Crippen molar-refractivity contribution in [3.8, 4) is 17.3 Å². The van der Waals surface area contributed by atoms with Crippen LogP contribution in [0.5, 0.6) is 0 Å². The molecule has 5 unspecified atom stereocenters. The Bertz CT molecular complexity index is 1650. The smallest absolute Gasteiger partial charge is 0.151 e. The van der Waals surface area contributed by atoms with Crippen LogP contribution < -0.4 is 0 Å². The van der Waals surface area contributed by atoms with Crippen LogP contribution in [-0.2, 0) is 11.3 Å². The number of nitriles is 1. The van der Waals surface area contributed by atoms with Crippen LogP contribution in [0, 0.1) is 34.9 Å². The first-order valence-corrected chi connectivity index (χ1v) is 15.4. The standard InChI is InChI=1S/C31H28Cl2FN3O2S/c1-15-8-18-11-31(2,12-19(15)25(18)30-36-28-23(34)9-16(13-35)10-24(28)40-30)38-14-20-27(37-39-29(20)17-6-7-17)26-21(32)4-3-5-22(26)33/h3-5,9-10,15,17-19,25H,6-8,11-12,14H2,1-2H3. The van der Waals surface area contributed by atoms with Crippen molar-refractivity contribution in [1.29, 1.82) is 5.26 Å². The van der Waals surface area contributed by atoms with E-state index in [0.29, 0.717) is 62.7 Å². The first-order valence-electron chi connectivity index (χ1n) is 13.8. The maximum Gasteiger partial charge on any atom is 0.151 e. The number of halogens is 3. The molecule has 2 aromatic heterocycles. The molecule has 2 heterocycles. The van der Waals surface area contributed by atoms with Crippen molar-refractivity contribution in [3.63, 3.8) is 0 Å². The van der Waals surface area contributed by atoms with Crippen LogP contribution in [0.1, 0.15) is 79.7 Å². The molecule has 5 nitrogen and oxygen atoms in total. The van der Waals surface area contributed by atoms with Crippen LogP contribution in [0.4, 0.5) is 4.39 Å². The van der Waals surface area contributed by atoms with E-state index in [4.69, 9.17) is 37.4 Å². The first-order chi connectivity index (χ1) is 19.2. The van der Waals surface area contributed by atoms with Gasteiger partial charge in [0.15, 0.2) is 5.82 Å². The lowest BCUT2D eigenvalue weighted by Gasteiger charge is -2.42. The van der Waals surface area contributed by atoms with Crippen molar-refractivity contribution < 1.29 is 13.7 Å². The van der Waals surface area contributed by atoms with Gasteiger partial charge in [-0.05, 0) is 81.0 Å². The maximum atomic E-state index is 14.7. The first kappa shape index (κ1) is 26.4. The van der Waals surface area contributed by atoms with Gasteiger partial charge in [0.1, 0.15) is 17.0 Å². The summed E-state index contributed by atoms with van der Waals surface area (Å²) in [5.74, 6) is 2.38. The van der Waals surface area contributed by atoms with Crippen LogP contribution in [-0.4, -0.2) is 15.7 Å². The Balaban J connectivity index is 1.16. The zero-order chi connectivity index (χ0) is 27.8. The van der Waals surface area contributed by atoms with Gasteiger partial charge in [-0.3, -0.25) is 0 Å². The summed E-state index contributed by atoms with van der Waals surface area (Å²) < 4.78 is 28.1. The Kier molecular flexibility index (Phi) is 6.47. The SMILES string of the molecule is CC1CC2CC(C)(OCc3c(-c4c(Cl)cccc4Cl)noc3C3CC3)CC1C2c1nc2c(F)cc(C#N)cc2s1. The second-order valence-corrected chi connectivity index (χ2v) is 13.9. The van der Waals surface area contributed by atoms with E-state index >= 15 is 0 Å². The summed E-state index contributed by atoms with van der Waals surface area (Å²) in [7, 11) is 0. The average Bonchev–Trinajstić information content (AvgIpc) is 3.46. The van der Waals surface area contributed by atoms with Gasteiger partial charge in [0.2, 0.25) is 0 Å². The van der Waals surface area contributed by atoms with Gasteiger partial charge in [0, 0.05) is 23.0 Å². The zero-order valence-electron chi connectivity index (χ0n) is 22.2. The number of hydrogen-bond acceptors (Lipinski definition) is 6. The van der Waals surface area contributed by atoms with Crippen LogP contribution in [0.15, 0.2) is 34.9 Å². The van der Waals surface area contributed by atoms with Crippen LogP contribution in [0.2, 0.25) is 10.0 Å². The van der Waals surface area contributed by atoms with E-state index in [2.05, 4.69) is 25.1 Å². The summed E-state index contributed by atoms with van der Waals surface area (Å²) in [5, 5.41) is 15.8. The molecule has 206 valence electrons. The normalized spacial score (nSPS) is 27.8.